The molecule has 6 nitrogen and oxygen atoms in total. The molecular formula is C19H20N4O2. The minimum absolute atomic E-state index is 0.00961. The van der Waals surface area contributed by atoms with Crippen LogP contribution in [0.25, 0.3) is 0 Å². The number of furan rings is 1. The van der Waals surface area contributed by atoms with Gasteiger partial charge in [-0.15, -0.1) is 0 Å². The molecular weight excluding hydrogens is 316 g/mol. The smallest absolute Gasteiger partial charge is 0.226 e. The summed E-state index contributed by atoms with van der Waals surface area (Å²) in [5.74, 6) is 1.59. The lowest BCUT2D eigenvalue weighted by Crippen LogP contribution is -2.25. The summed E-state index contributed by atoms with van der Waals surface area (Å²) in [6.45, 7) is 0.495. The number of carbonyl (C=O) groups excluding carboxylic acids is 1. The van der Waals surface area contributed by atoms with Crippen molar-refractivity contribution >= 4 is 17.4 Å². The molecule has 0 fully saturated rings. The van der Waals surface area contributed by atoms with Crippen LogP contribution in [0.15, 0.2) is 53.3 Å². The quantitative estimate of drug-likeness (QED) is 0.795. The molecule has 1 N–H and O–H groups in total. The molecule has 25 heavy (non-hydrogen) atoms. The molecule has 0 aliphatic carbocycles. The number of rotatable bonds is 4. The summed E-state index contributed by atoms with van der Waals surface area (Å²) in [6, 6.07) is 12.1. The lowest BCUT2D eigenvalue weighted by Gasteiger charge is -2.24. The molecule has 6 heteroatoms. The third kappa shape index (κ3) is 2.91. The van der Waals surface area contributed by atoms with E-state index in [9.17, 15) is 4.79 Å². The monoisotopic (exact) mass is 336 g/mol. The highest BCUT2D eigenvalue weighted by molar-refractivity contribution is 5.94. The van der Waals surface area contributed by atoms with E-state index >= 15 is 0 Å². The number of nitrogens with zero attached hydrogens (tertiary/aromatic N) is 3. The summed E-state index contributed by atoms with van der Waals surface area (Å²) in [7, 11) is 4.03. The SMILES string of the molecule is CN(C)c1ccc([C@H]2CC(=O)Nc3c2cnn3Cc2ccco2)cc1. The number of carbonyl (C=O) groups is 1. The molecule has 1 amide bonds. The molecule has 0 unspecified atom stereocenters. The van der Waals surface area contributed by atoms with Gasteiger partial charge in [0.15, 0.2) is 0 Å². The molecule has 128 valence electrons. The summed E-state index contributed by atoms with van der Waals surface area (Å²) >= 11 is 0. The van der Waals surface area contributed by atoms with Crippen molar-refractivity contribution in [2.24, 2.45) is 0 Å². The van der Waals surface area contributed by atoms with Gasteiger partial charge in [-0.3, -0.25) is 4.79 Å². The second-order valence-corrected chi connectivity index (χ2v) is 6.48. The van der Waals surface area contributed by atoms with Gasteiger partial charge in [0.25, 0.3) is 0 Å². The van der Waals surface area contributed by atoms with Crippen molar-refractivity contribution in [2.75, 3.05) is 24.3 Å². The Morgan fingerprint density at radius 1 is 1.28 bits per heavy atom. The van der Waals surface area contributed by atoms with Crippen LogP contribution in [0.5, 0.6) is 0 Å². The third-order valence-corrected chi connectivity index (χ3v) is 4.59. The maximum atomic E-state index is 12.3. The Labute approximate surface area is 146 Å². The van der Waals surface area contributed by atoms with Gasteiger partial charge in [0.2, 0.25) is 5.91 Å². The van der Waals surface area contributed by atoms with E-state index < -0.39 is 0 Å². The van der Waals surface area contributed by atoms with Crippen LogP contribution >= 0.6 is 0 Å². The van der Waals surface area contributed by atoms with Crippen LogP contribution < -0.4 is 10.2 Å². The molecule has 2 aromatic heterocycles. The normalized spacial score (nSPS) is 16.4. The van der Waals surface area contributed by atoms with Gasteiger partial charge in [-0.25, -0.2) is 4.68 Å². The van der Waals surface area contributed by atoms with E-state index in [0.29, 0.717) is 13.0 Å². The number of hydrogen-bond acceptors (Lipinski definition) is 4. The van der Waals surface area contributed by atoms with E-state index in [1.54, 1.807) is 10.9 Å². The highest BCUT2D eigenvalue weighted by atomic mass is 16.3. The maximum Gasteiger partial charge on any atom is 0.226 e. The molecule has 1 aliphatic rings. The largest absolute Gasteiger partial charge is 0.467 e. The number of anilines is 2. The highest BCUT2D eigenvalue weighted by Crippen LogP contribution is 2.37. The number of benzene rings is 1. The van der Waals surface area contributed by atoms with Crippen molar-refractivity contribution in [3.63, 3.8) is 0 Å². The Kier molecular flexibility index (Phi) is 3.80. The minimum Gasteiger partial charge on any atom is -0.467 e. The molecule has 0 saturated heterocycles. The van der Waals surface area contributed by atoms with Crippen LogP contribution in [0.4, 0.5) is 11.5 Å². The number of hydrogen-bond donors (Lipinski definition) is 1. The molecule has 0 radical (unpaired) electrons. The van der Waals surface area contributed by atoms with Crippen molar-refractivity contribution in [1.29, 1.82) is 0 Å². The summed E-state index contributed by atoms with van der Waals surface area (Å²) < 4.78 is 7.18. The Morgan fingerprint density at radius 2 is 2.08 bits per heavy atom. The molecule has 4 rings (SSSR count). The summed E-state index contributed by atoms with van der Waals surface area (Å²) in [5, 5.41) is 7.42. The van der Waals surface area contributed by atoms with Gasteiger partial charge < -0.3 is 14.6 Å². The molecule has 1 aliphatic heterocycles. The summed E-state index contributed by atoms with van der Waals surface area (Å²) in [5.41, 5.74) is 3.31. The first-order valence-corrected chi connectivity index (χ1v) is 8.27. The topological polar surface area (TPSA) is 63.3 Å². The fourth-order valence-electron chi connectivity index (χ4n) is 3.24. The van der Waals surface area contributed by atoms with Crippen molar-refractivity contribution in [2.45, 2.75) is 18.9 Å². The van der Waals surface area contributed by atoms with Crippen molar-refractivity contribution < 1.29 is 9.21 Å². The molecule has 1 aromatic carbocycles. The van der Waals surface area contributed by atoms with Crippen molar-refractivity contribution in [3.05, 3.63) is 65.7 Å². The molecule has 0 spiro atoms. The van der Waals surface area contributed by atoms with Crippen LogP contribution in [0.3, 0.4) is 0 Å². The Hall–Kier alpha value is -3.02. The van der Waals surface area contributed by atoms with Crippen molar-refractivity contribution in [1.82, 2.24) is 9.78 Å². The van der Waals surface area contributed by atoms with Gasteiger partial charge >= 0.3 is 0 Å². The number of amides is 1. The van der Waals surface area contributed by atoms with E-state index in [2.05, 4.69) is 39.6 Å². The van der Waals surface area contributed by atoms with E-state index in [1.807, 2.05) is 32.4 Å². The van der Waals surface area contributed by atoms with Gasteiger partial charge in [-0.1, -0.05) is 12.1 Å². The lowest BCUT2D eigenvalue weighted by molar-refractivity contribution is -0.116. The second kappa shape index (κ2) is 6.12. The third-order valence-electron chi connectivity index (χ3n) is 4.59. The number of aromatic nitrogens is 2. The van der Waals surface area contributed by atoms with E-state index in [1.165, 1.54) is 0 Å². The fraction of sp³-hybridized carbons (Fsp3) is 0.263. The molecule has 0 saturated carbocycles. The average molecular weight is 336 g/mol. The zero-order chi connectivity index (χ0) is 17.4. The number of nitrogens with one attached hydrogen (secondary N) is 1. The summed E-state index contributed by atoms with van der Waals surface area (Å²) in [6.07, 6.45) is 3.92. The van der Waals surface area contributed by atoms with Crippen LogP contribution in [-0.4, -0.2) is 29.8 Å². The van der Waals surface area contributed by atoms with Crippen LogP contribution in [-0.2, 0) is 11.3 Å². The van der Waals surface area contributed by atoms with Crippen molar-refractivity contribution in [3.8, 4) is 0 Å². The van der Waals surface area contributed by atoms with Gasteiger partial charge in [-0.05, 0) is 29.8 Å². The van der Waals surface area contributed by atoms with Crippen LogP contribution in [0, 0.1) is 0 Å². The zero-order valence-corrected chi connectivity index (χ0v) is 14.3. The van der Waals surface area contributed by atoms with Gasteiger partial charge in [-0.2, -0.15) is 5.10 Å². The maximum absolute atomic E-state index is 12.3. The average Bonchev–Trinajstić information content (AvgIpc) is 3.25. The van der Waals surface area contributed by atoms with E-state index in [-0.39, 0.29) is 11.8 Å². The van der Waals surface area contributed by atoms with E-state index in [4.69, 9.17) is 4.42 Å². The molecule has 1 atom stereocenters. The first-order chi connectivity index (χ1) is 12.1. The molecule has 3 heterocycles. The van der Waals surface area contributed by atoms with Crippen LogP contribution in [0.2, 0.25) is 0 Å². The Bertz CT molecular complexity index is 879. The molecule has 0 bridgehead atoms. The Balaban J connectivity index is 1.68. The van der Waals surface area contributed by atoms with Gasteiger partial charge in [0.1, 0.15) is 18.1 Å². The second-order valence-electron chi connectivity index (χ2n) is 6.48. The minimum atomic E-state index is 0.00961. The predicted octanol–water partition coefficient (Wildman–Crippen LogP) is 3.06. The first-order valence-electron chi connectivity index (χ1n) is 8.27. The highest BCUT2D eigenvalue weighted by Gasteiger charge is 2.30. The fourth-order valence-corrected chi connectivity index (χ4v) is 3.24. The zero-order valence-electron chi connectivity index (χ0n) is 14.3. The molecule has 3 aromatic rings. The van der Waals surface area contributed by atoms with Crippen LogP contribution in [0.1, 0.15) is 29.2 Å². The van der Waals surface area contributed by atoms with Gasteiger partial charge in [0, 0.05) is 37.7 Å². The number of fused-ring (bicyclic) bond motifs is 1. The van der Waals surface area contributed by atoms with E-state index in [0.717, 1.165) is 28.4 Å². The van der Waals surface area contributed by atoms with Gasteiger partial charge in [0.05, 0.1) is 12.5 Å². The lowest BCUT2D eigenvalue weighted by atomic mass is 9.87. The Morgan fingerprint density at radius 3 is 2.76 bits per heavy atom. The first kappa shape index (κ1) is 15.5. The standard InChI is InChI=1S/C19H20N4O2/c1-22(2)14-7-5-13(6-8-14)16-10-18(24)21-19-17(16)11-20-23(19)12-15-4-3-9-25-15/h3-9,11,16H,10,12H2,1-2H3,(H,21,24)/t16-/m1/s1. The predicted molar refractivity (Wildman–Crippen MR) is 95.9 cm³/mol. The summed E-state index contributed by atoms with van der Waals surface area (Å²) in [4.78, 5) is 14.3.